The summed E-state index contributed by atoms with van der Waals surface area (Å²) in [6.07, 6.45) is 6.29. The maximum Gasteiger partial charge on any atom is 0.135 e. The van der Waals surface area contributed by atoms with Crippen LogP contribution >= 0.6 is 11.3 Å². The second-order valence-corrected chi connectivity index (χ2v) is 10.1. The van der Waals surface area contributed by atoms with Gasteiger partial charge in [0.05, 0.1) is 29.0 Å². The summed E-state index contributed by atoms with van der Waals surface area (Å²) in [6, 6.07) is 19.4. The lowest BCUT2D eigenvalue weighted by atomic mass is 10.1. The van der Waals surface area contributed by atoms with Crippen LogP contribution in [0.2, 0.25) is 0 Å². The number of allylic oxidation sites excluding steroid dienone is 4. The molecule has 0 N–H and O–H groups in total. The smallest absolute Gasteiger partial charge is 0.135 e. The van der Waals surface area contributed by atoms with Crippen molar-refractivity contribution in [3.63, 3.8) is 0 Å². The predicted octanol–water partition coefficient (Wildman–Crippen LogP) is 6.51. The standard InChI is InChI=1S/C30H32N4OS/c1-3-33(4-2)26-13-9-22(10-14-26)19-23-11-12-24(29(23)34-15-17-35-18-16-34)20-25(21-31)30-32-27-7-5-6-8-28(27)36-30/h5-10,13-14,19-20H,3-4,11-12,15-18H2,1-2H3. The monoisotopic (exact) mass is 496 g/mol. The third-order valence-corrected chi connectivity index (χ3v) is 7.99. The van der Waals surface area contributed by atoms with Crippen LogP contribution in [0, 0.1) is 11.3 Å². The third-order valence-electron chi connectivity index (χ3n) is 6.93. The van der Waals surface area contributed by atoms with Crippen LogP contribution in [0.3, 0.4) is 0 Å². The van der Waals surface area contributed by atoms with E-state index in [0.717, 1.165) is 67.5 Å². The minimum Gasteiger partial charge on any atom is -0.378 e. The molecule has 0 atom stereocenters. The highest BCUT2D eigenvalue weighted by Gasteiger charge is 2.26. The van der Waals surface area contributed by atoms with E-state index in [4.69, 9.17) is 9.72 Å². The summed E-state index contributed by atoms with van der Waals surface area (Å²) in [5.74, 6) is 0. The molecule has 0 amide bonds. The van der Waals surface area contributed by atoms with Crippen LogP contribution in [0.5, 0.6) is 0 Å². The molecule has 0 unspecified atom stereocenters. The Bertz CT molecular complexity index is 1320. The lowest BCUT2D eigenvalue weighted by molar-refractivity contribution is 0.0547. The van der Waals surface area contributed by atoms with E-state index >= 15 is 0 Å². The van der Waals surface area contributed by atoms with Crippen LogP contribution in [-0.2, 0) is 4.74 Å². The molecule has 1 aromatic heterocycles. The number of aromatic nitrogens is 1. The van der Waals surface area contributed by atoms with Crippen LogP contribution < -0.4 is 4.90 Å². The van der Waals surface area contributed by atoms with Crippen LogP contribution in [0.25, 0.3) is 21.9 Å². The van der Waals surface area contributed by atoms with E-state index in [1.54, 1.807) is 11.3 Å². The van der Waals surface area contributed by atoms with Gasteiger partial charge in [0.15, 0.2) is 0 Å². The molecule has 0 spiro atoms. The van der Waals surface area contributed by atoms with Gasteiger partial charge in [0.1, 0.15) is 11.1 Å². The molecule has 1 aliphatic heterocycles. The number of benzene rings is 2. The molecule has 184 valence electrons. The Labute approximate surface area is 217 Å². The molecule has 0 radical (unpaired) electrons. The Morgan fingerprint density at radius 1 is 1.08 bits per heavy atom. The Hall–Kier alpha value is -3.40. The van der Waals surface area contributed by atoms with Crippen LogP contribution in [-0.4, -0.2) is 49.3 Å². The zero-order valence-electron chi connectivity index (χ0n) is 21.0. The first-order valence-electron chi connectivity index (χ1n) is 12.8. The van der Waals surface area contributed by atoms with Crippen LogP contribution in [0.4, 0.5) is 5.69 Å². The summed E-state index contributed by atoms with van der Waals surface area (Å²) < 4.78 is 6.75. The minimum atomic E-state index is 0.641. The first-order chi connectivity index (χ1) is 17.7. The van der Waals surface area contributed by atoms with Gasteiger partial charge in [-0.1, -0.05) is 24.3 Å². The van der Waals surface area contributed by atoms with Gasteiger partial charge in [-0.15, -0.1) is 11.3 Å². The fraction of sp³-hybridized carbons (Fsp3) is 0.333. The molecule has 0 bridgehead atoms. The number of para-hydroxylation sites is 1. The van der Waals surface area contributed by atoms with Gasteiger partial charge in [0.25, 0.3) is 0 Å². The van der Waals surface area contributed by atoms with Gasteiger partial charge in [0.2, 0.25) is 0 Å². The first kappa shape index (κ1) is 24.3. The molecular formula is C30H32N4OS. The summed E-state index contributed by atoms with van der Waals surface area (Å²) in [5.41, 5.74) is 7.88. The zero-order chi connectivity index (χ0) is 24.9. The third kappa shape index (κ3) is 5.09. The number of anilines is 1. The number of ether oxygens (including phenoxy) is 1. The molecule has 3 aromatic rings. The fourth-order valence-electron chi connectivity index (χ4n) is 5.06. The van der Waals surface area contributed by atoms with Crippen molar-refractivity contribution in [2.24, 2.45) is 0 Å². The number of morpholine rings is 1. The number of fused-ring (bicyclic) bond motifs is 1. The number of thiazole rings is 1. The molecule has 2 heterocycles. The molecule has 1 fully saturated rings. The van der Waals surface area contributed by atoms with Crippen LogP contribution in [0.1, 0.15) is 37.3 Å². The Kier molecular flexibility index (Phi) is 7.50. The lowest BCUT2D eigenvalue weighted by Gasteiger charge is -2.31. The molecule has 2 aliphatic rings. The molecule has 5 nitrogen and oxygen atoms in total. The fourth-order valence-corrected chi connectivity index (χ4v) is 5.99. The summed E-state index contributed by atoms with van der Waals surface area (Å²) in [6.45, 7) is 9.60. The molecule has 1 aliphatic carbocycles. The van der Waals surface area contributed by atoms with Gasteiger partial charge in [-0.3, -0.25) is 0 Å². The molecule has 2 aromatic carbocycles. The normalized spacial score (nSPS) is 17.8. The number of hydrogen-bond donors (Lipinski definition) is 0. The zero-order valence-corrected chi connectivity index (χ0v) is 21.9. The van der Waals surface area contributed by atoms with Crippen molar-refractivity contribution in [2.45, 2.75) is 26.7 Å². The lowest BCUT2D eigenvalue weighted by Crippen LogP contribution is -2.36. The minimum absolute atomic E-state index is 0.641. The van der Waals surface area contributed by atoms with E-state index in [-0.39, 0.29) is 0 Å². The number of nitrogens with zero attached hydrogens (tertiary/aromatic N) is 4. The van der Waals surface area contributed by atoms with Crippen molar-refractivity contribution < 1.29 is 4.74 Å². The number of rotatable bonds is 7. The van der Waals surface area contributed by atoms with Gasteiger partial charge in [-0.2, -0.15) is 5.26 Å². The highest BCUT2D eigenvalue weighted by molar-refractivity contribution is 7.19. The van der Waals surface area contributed by atoms with E-state index in [1.807, 2.05) is 18.2 Å². The molecule has 36 heavy (non-hydrogen) atoms. The quantitative estimate of drug-likeness (QED) is 0.349. The van der Waals surface area contributed by atoms with Crippen LogP contribution in [0.15, 0.2) is 71.5 Å². The van der Waals surface area contributed by atoms with Crippen molar-refractivity contribution in [3.05, 3.63) is 82.0 Å². The maximum absolute atomic E-state index is 10.0. The van der Waals surface area contributed by atoms with E-state index in [0.29, 0.717) is 5.57 Å². The van der Waals surface area contributed by atoms with Gasteiger partial charge in [-0.25, -0.2) is 4.98 Å². The van der Waals surface area contributed by atoms with Crippen molar-refractivity contribution in [1.29, 1.82) is 5.26 Å². The van der Waals surface area contributed by atoms with Gasteiger partial charge < -0.3 is 14.5 Å². The highest BCUT2D eigenvalue weighted by Crippen LogP contribution is 2.38. The summed E-state index contributed by atoms with van der Waals surface area (Å²) in [7, 11) is 0. The number of hydrogen-bond acceptors (Lipinski definition) is 6. The van der Waals surface area contributed by atoms with E-state index in [9.17, 15) is 5.26 Å². The summed E-state index contributed by atoms with van der Waals surface area (Å²) in [4.78, 5) is 9.54. The summed E-state index contributed by atoms with van der Waals surface area (Å²) in [5, 5.41) is 10.8. The average molecular weight is 497 g/mol. The largest absolute Gasteiger partial charge is 0.378 e. The Morgan fingerprint density at radius 3 is 2.53 bits per heavy atom. The molecule has 0 saturated carbocycles. The predicted molar refractivity (Wildman–Crippen MR) is 150 cm³/mol. The van der Waals surface area contributed by atoms with Crippen molar-refractivity contribution in [2.75, 3.05) is 44.3 Å². The summed E-state index contributed by atoms with van der Waals surface area (Å²) >= 11 is 1.58. The van der Waals surface area contributed by atoms with Crippen molar-refractivity contribution in [3.8, 4) is 6.07 Å². The van der Waals surface area contributed by atoms with E-state index < -0.39 is 0 Å². The van der Waals surface area contributed by atoms with Gasteiger partial charge in [0, 0.05) is 37.6 Å². The number of nitriles is 1. The highest BCUT2D eigenvalue weighted by atomic mass is 32.1. The molecule has 5 rings (SSSR count). The molecule has 1 saturated heterocycles. The average Bonchev–Trinajstić information content (AvgIpc) is 3.53. The second kappa shape index (κ2) is 11.1. The molecular weight excluding hydrogens is 464 g/mol. The maximum atomic E-state index is 10.0. The second-order valence-electron chi connectivity index (χ2n) is 9.06. The van der Waals surface area contributed by atoms with Crippen molar-refractivity contribution >= 4 is 38.9 Å². The van der Waals surface area contributed by atoms with Gasteiger partial charge >= 0.3 is 0 Å². The Morgan fingerprint density at radius 2 is 1.83 bits per heavy atom. The molecule has 6 heteroatoms. The van der Waals surface area contributed by atoms with Gasteiger partial charge in [-0.05, 0) is 79.8 Å². The Balaban J connectivity index is 1.52. The van der Waals surface area contributed by atoms with E-state index in [2.05, 4.69) is 72.2 Å². The first-order valence-corrected chi connectivity index (χ1v) is 13.6. The SMILES string of the molecule is CCN(CC)c1ccc(C=C2CCC(C=C(C#N)c3nc4ccccc4s3)=C2N2CCOCC2)cc1. The van der Waals surface area contributed by atoms with E-state index in [1.165, 1.54) is 28.1 Å². The topological polar surface area (TPSA) is 52.4 Å². The van der Waals surface area contributed by atoms with Crippen molar-refractivity contribution in [1.82, 2.24) is 9.88 Å².